The van der Waals surface area contributed by atoms with Gasteiger partial charge in [0.1, 0.15) is 10.6 Å². The van der Waals surface area contributed by atoms with Gasteiger partial charge in [0.25, 0.3) is 5.91 Å². The predicted molar refractivity (Wildman–Crippen MR) is 157 cm³/mol. The summed E-state index contributed by atoms with van der Waals surface area (Å²) in [7, 11) is 3.04. The molecule has 9 nitrogen and oxygen atoms in total. The van der Waals surface area contributed by atoms with Crippen molar-refractivity contribution in [2.24, 2.45) is 0 Å². The Morgan fingerprint density at radius 3 is 2.56 bits per heavy atom. The highest BCUT2D eigenvalue weighted by molar-refractivity contribution is 7.17. The maximum absolute atomic E-state index is 13.6. The number of hydrogen-bond donors (Lipinski definition) is 1. The number of carbonyl (C=O) groups is 2. The summed E-state index contributed by atoms with van der Waals surface area (Å²) in [6.07, 6.45) is 3.62. The molecule has 4 aromatic rings. The third kappa shape index (κ3) is 5.65. The molecule has 2 heterocycles. The minimum Gasteiger partial charge on any atom is -0.493 e. The van der Waals surface area contributed by atoms with Gasteiger partial charge in [-0.2, -0.15) is 0 Å². The average Bonchev–Trinajstić information content (AvgIpc) is 3.33. The Hall–Kier alpha value is -4.31. The molecule has 5 rings (SSSR count). The number of esters is 1. The molecule has 0 fully saturated rings. The van der Waals surface area contributed by atoms with Gasteiger partial charge in [0.15, 0.2) is 23.9 Å². The van der Waals surface area contributed by atoms with Crippen LogP contribution in [0.1, 0.15) is 46.1 Å². The Kier molecular flexibility index (Phi) is 8.30. The van der Waals surface area contributed by atoms with Gasteiger partial charge in [-0.25, -0.2) is 4.79 Å². The second-order valence-corrected chi connectivity index (χ2v) is 10.7. The Bertz CT molecular complexity index is 1690. The van der Waals surface area contributed by atoms with E-state index in [1.807, 2.05) is 6.92 Å². The van der Waals surface area contributed by atoms with Gasteiger partial charge >= 0.3 is 5.97 Å². The average molecular weight is 578 g/mol. The molecule has 10 heteroatoms. The number of anilines is 1. The van der Waals surface area contributed by atoms with Crippen molar-refractivity contribution in [1.29, 1.82) is 0 Å². The van der Waals surface area contributed by atoms with Crippen LogP contribution < -0.4 is 25.0 Å². The van der Waals surface area contributed by atoms with Crippen molar-refractivity contribution in [2.45, 2.75) is 39.5 Å². The van der Waals surface area contributed by atoms with Crippen LogP contribution in [-0.4, -0.2) is 39.3 Å². The van der Waals surface area contributed by atoms with Crippen LogP contribution in [0.5, 0.6) is 17.2 Å². The molecule has 2 aromatic heterocycles. The molecule has 41 heavy (non-hydrogen) atoms. The second kappa shape index (κ2) is 12.1. The van der Waals surface area contributed by atoms with Crippen LogP contribution in [0.15, 0.2) is 45.6 Å². The Morgan fingerprint density at radius 1 is 1.02 bits per heavy atom. The first-order valence-corrected chi connectivity index (χ1v) is 14.2. The smallest absolute Gasteiger partial charge is 0.341 e. The lowest BCUT2D eigenvalue weighted by atomic mass is 9.95. The monoisotopic (exact) mass is 577 g/mol. The van der Waals surface area contributed by atoms with E-state index >= 15 is 0 Å². The van der Waals surface area contributed by atoms with Gasteiger partial charge in [0, 0.05) is 10.4 Å². The third-order valence-corrected chi connectivity index (χ3v) is 8.11. The third-order valence-electron chi connectivity index (χ3n) is 6.90. The van der Waals surface area contributed by atoms with Gasteiger partial charge in [-0.3, -0.25) is 9.59 Å². The molecule has 0 radical (unpaired) electrons. The molecule has 1 aliphatic rings. The largest absolute Gasteiger partial charge is 0.493 e. The highest BCUT2D eigenvalue weighted by Gasteiger charge is 2.28. The summed E-state index contributed by atoms with van der Waals surface area (Å²) in [5.74, 6) is 0.0163. The SMILES string of the molecule is CCOC(=O)c1c(NC(=O)COc2c(-c3ccc(OC)c(OC)c3)oc3cc(C)ccc3c2=O)sc2c1CCCC2. The lowest BCUT2D eigenvalue weighted by molar-refractivity contribution is -0.118. The molecule has 214 valence electrons. The molecule has 1 N–H and O–H groups in total. The fourth-order valence-electron chi connectivity index (χ4n) is 4.96. The summed E-state index contributed by atoms with van der Waals surface area (Å²) >= 11 is 1.39. The number of benzene rings is 2. The van der Waals surface area contributed by atoms with Crippen LogP contribution >= 0.6 is 11.3 Å². The number of aryl methyl sites for hydroxylation is 2. The standard InChI is InChI=1S/C31H31NO8S/c1-5-38-31(35)26-20-8-6-7-9-24(20)41-30(26)32-25(33)16-39-29-27(34)19-12-10-17(2)14-22(19)40-28(29)18-11-13-21(36-3)23(15-18)37-4/h10-15H,5-9,16H2,1-4H3,(H,32,33). The van der Waals surface area contributed by atoms with E-state index in [2.05, 4.69) is 5.32 Å². The number of nitrogens with one attached hydrogen (secondary N) is 1. The van der Waals surface area contributed by atoms with Crippen LogP contribution in [0, 0.1) is 6.92 Å². The molecule has 0 unspecified atom stereocenters. The van der Waals surface area contributed by atoms with E-state index in [4.69, 9.17) is 23.4 Å². The topological polar surface area (TPSA) is 113 Å². The van der Waals surface area contributed by atoms with Gasteiger partial charge in [0.05, 0.1) is 31.8 Å². The first-order chi connectivity index (χ1) is 19.8. The Morgan fingerprint density at radius 2 is 1.80 bits per heavy atom. The van der Waals surface area contributed by atoms with E-state index in [-0.39, 0.29) is 18.1 Å². The zero-order chi connectivity index (χ0) is 29.1. The summed E-state index contributed by atoms with van der Waals surface area (Å²) < 4.78 is 28.1. The van der Waals surface area contributed by atoms with Crippen molar-refractivity contribution < 1.29 is 33.0 Å². The van der Waals surface area contributed by atoms with E-state index in [1.165, 1.54) is 25.6 Å². The van der Waals surface area contributed by atoms with Crippen molar-refractivity contribution in [3.05, 3.63) is 68.2 Å². The van der Waals surface area contributed by atoms with Crippen LogP contribution in [0.2, 0.25) is 0 Å². The number of methoxy groups -OCH3 is 2. The van der Waals surface area contributed by atoms with Crippen molar-refractivity contribution >= 4 is 39.2 Å². The molecular weight excluding hydrogens is 546 g/mol. The summed E-state index contributed by atoms with van der Waals surface area (Å²) in [4.78, 5) is 40.6. The molecule has 0 saturated carbocycles. The molecule has 0 spiro atoms. The zero-order valence-corrected chi connectivity index (χ0v) is 24.2. The fraction of sp³-hybridized carbons (Fsp3) is 0.323. The van der Waals surface area contributed by atoms with Crippen molar-refractivity contribution in [3.63, 3.8) is 0 Å². The lowest BCUT2D eigenvalue weighted by Crippen LogP contribution is -2.23. The predicted octanol–water partition coefficient (Wildman–Crippen LogP) is 5.92. The summed E-state index contributed by atoms with van der Waals surface area (Å²) in [5.41, 5.74) is 2.75. The van der Waals surface area contributed by atoms with E-state index in [0.29, 0.717) is 38.6 Å². The quantitative estimate of drug-likeness (QED) is 0.244. The first-order valence-electron chi connectivity index (χ1n) is 13.4. The molecular formula is C31H31NO8S. The molecule has 1 amide bonds. The molecule has 1 aliphatic carbocycles. The van der Waals surface area contributed by atoms with Crippen LogP contribution in [0.3, 0.4) is 0 Å². The molecule has 0 saturated heterocycles. The number of carbonyl (C=O) groups excluding carboxylic acids is 2. The minimum absolute atomic E-state index is 0.111. The van der Waals surface area contributed by atoms with Crippen molar-refractivity contribution in [1.82, 2.24) is 0 Å². The molecule has 0 bridgehead atoms. The number of ether oxygens (including phenoxy) is 4. The number of rotatable bonds is 9. The maximum Gasteiger partial charge on any atom is 0.341 e. The van der Waals surface area contributed by atoms with E-state index in [9.17, 15) is 14.4 Å². The number of amides is 1. The van der Waals surface area contributed by atoms with E-state index in [0.717, 1.165) is 41.7 Å². The molecule has 2 aromatic carbocycles. The summed E-state index contributed by atoms with van der Waals surface area (Å²) in [6, 6.07) is 10.3. The molecule has 0 atom stereocenters. The van der Waals surface area contributed by atoms with Gasteiger partial charge in [0.2, 0.25) is 11.2 Å². The first kappa shape index (κ1) is 28.2. The summed E-state index contributed by atoms with van der Waals surface area (Å²) in [5, 5.41) is 3.58. The normalized spacial score (nSPS) is 12.5. The summed E-state index contributed by atoms with van der Waals surface area (Å²) in [6.45, 7) is 3.40. The van der Waals surface area contributed by atoms with Crippen molar-refractivity contribution in [2.75, 3.05) is 32.8 Å². The van der Waals surface area contributed by atoms with Crippen LogP contribution in [0.25, 0.3) is 22.3 Å². The fourth-order valence-corrected chi connectivity index (χ4v) is 6.25. The van der Waals surface area contributed by atoms with Crippen molar-refractivity contribution in [3.8, 4) is 28.6 Å². The van der Waals surface area contributed by atoms with E-state index in [1.54, 1.807) is 43.3 Å². The van der Waals surface area contributed by atoms with Crippen LogP contribution in [-0.2, 0) is 22.4 Å². The minimum atomic E-state index is -0.518. The highest BCUT2D eigenvalue weighted by Crippen LogP contribution is 2.39. The van der Waals surface area contributed by atoms with Gasteiger partial charge in [-0.05, 0) is 81.0 Å². The zero-order valence-electron chi connectivity index (χ0n) is 23.4. The Labute approximate surface area is 241 Å². The molecule has 0 aliphatic heterocycles. The lowest BCUT2D eigenvalue weighted by Gasteiger charge is -2.14. The van der Waals surface area contributed by atoms with Gasteiger partial charge in [-0.1, -0.05) is 6.07 Å². The van der Waals surface area contributed by atoms with Gasteiger partial charge in [-0.15, -0.1) is 11.3 Å². The number of hydrogen-bond acceptors (Lipinski definition) is 9. The Balaban J connectivity index is 1.48. The second-order valence-electron chi connectivity index (χ2n) is 9.63. The number of thiophene rings is 1. The van der Waals surface area contributed by atoms with Gasteiger partial charge < -0.3 is 28.7 Å². The maximum atomic E-state index is 13.6. The van der Waals surface area contributed by atoms with Crippen LogP contribution in [0.4, 0.5) is 5.00 Å². The number of fused-ring (bicyclic) bond motifs is 2. The highest BCUT2D eigenvalue weighted by atomic mass is 32.1. The van der Waals surface area contributed by atoms with E-state index < -0.39 is 23.9 Å².